The van der Waals surface area contributed by atoms with Crippen LogP contribution in [0.1, 0.15) is 21.5 Å². The number of anilines is 1. The molecule has 3 rings (SSSR count). The number of carboxylic acid groups (broad SMARTS) is 1. The van der Waals surface area contributed by atoms with Crippen LogP contribution in [0.3, 0.4) is 0 Å². The molecule has 0 saturated carbocycles. The zero-order valence-corrected chi connectivity index (χ0v) is 17.2. The van der Waals surface area contributed by atoms with E-state index in [-0.39, 0.29) is 11.0 Å². The minimum Gasteiger partial charge on any atom is -0.478 e. The monoisotopic (exact) mass is 391 g/mol. The summed E-state index contributed by atoms with van der Waals surface area (Å²) in [5, 5.41) is 9.41. The van der Waals surface area contributed by atoms with Crippen molar-refractivity contribution in [3.8, 4) is 0 Å². The third kappa shape index (κ3) is 4.89. The van der Waals surface area contributed by atoms with Crippen LogP contribution in [0.15, 0.2) is 78.4 Å². The van der Waals surface area contributed by atoms with Gasteiger partial charge in [0.25, 0.3) is 0 Å². The van der Waals surface area contributed by atoms with Crippen molar-refractivity contribution in [1.82, 2.24) is 0 Å². The van der Waals surface area contributed by atoms with E-state index < -0.39 is 5.97 Å². The van der Waals surface area contributed by atoms with E-state index in [9.17, 15) is 9.90 Å². The van der Waals surface area contributed by atoms with E-state index in [2.05, 4.69) is 58.0 Å². The fraction of sp³-hybridized carbons (Fsp3) is 0.167. The van der Waals surface area contributed by atoms with Crippen LogP contribution in [0, 0.1) is 0 Å². The lowest BCUT2D eigenvalue weighted by Crippen LogP contribution is -2.10. The van der Waals surface area contributed by atoms with Gasteiger partial charge in [0.05, 0.1) is 5.56 Å². The molecule has 0 spiro atoms. The molecule has 0 saturated heterocycles. The maximum atomic E-state index is 11.5. The zero-order chi connectivity index (χ0) is 20.3. The predicted molar refractivity (Wildman–Crippen MR) is 119 cm³/mol. The molecule has 0 heterocycles. The molecule has 0 aromatic heterocycles. The molecule has 0 atom stereocenters. The summed E-state index contributed by atoms with van der Waals surface area (Å²) in [6, 6.07) is 15.4. The van der Waals surface area contributed by atoms with Crippen LogP contribution >= 0.6 is 0 Å². The molecule has 0 bridgehead atoms. The van der Waals surface area contributed by atoms with E-state index in [1.54, 1.807) is 18.2 Å². The first-order valence-corrected chi connectivity index (χ1v) is 9.13. The summed E-state index contributed by atoms with van der Waals surface area (Å²) in [5.74, 6) is -0.924. The van der Waals surface area contributed by atoms with Gasteiger partial charge < -0.3 is 15.5 Å². The van der Waals surface area contributed by atoms with Crippen molar-refractivity contribution in [3.63, 3.8) is 0 Å². The molecule has 29 heavy (non-hydrogen) atoms. The summed E-state index contributed by atoms with van der Waals surface area (Å²) in [4.78, 5) is 13.5. The van der Waals surface area contributed by atoms with Crippen molar-refractivity contribution >= 4 is 22.9 Å². The molecule has 5 nitrogen and oxygen atoms in total. The first-order chi connectivity index (χ1) is 13.4. The van der Waals surface area contributed by atoms with Crippen molar-refractivity contribution in [2.75, 3.05) is 33.1 Å². The molecule has 0 radical (unpaired) electrons. The van der Waals surface area contributed by atoms with Gasteiger partial charge in [0.1, 0.15) is 14.1 Å². The van der Waals surface area contributed by atoms with Gasteiger partial charge in [-0.15, -0.1) is 0 Å². The predicted octanol–water partition coefficient (Wildman–Crippen LogP) is 3.27. The summed E-state index contributed by atoms with van der Waals surface area (Å²) < 4.78 is 2.06. The van der Waals surface area contributed by atoms with Crippen LogP contribution in [0.5, 0.6) is 0 Å². The SMILES string of the molecule is CN(C)c1ccc(C(=C2C=CC(=[N+](C)C)C=C2)c2cccc(C(=O)O)c2)cc1.O. The van der Waals surface area contributed by atoms with Crippen LogP contribution in [0.25, 0.3) is 5.57 Å². The molecule has 150 valence electrons. The molecule has 0 aliphatic heterocycles. The molecule has 0 fully saturated rings. The lowest BCUT2D eigenvalue weighted by Gasteiger charge is -2.17. The number of nitrogens with zero attached hydrogens (tertiary/aromatic N) is 2. The molecule has 1 aliphatic rings. The van der Waals surface area contributed by atoms with Crippen LogP contribution in [0.4, 0.5) is 5.69 Å². The Morgan fingerprint density at radius 3 is 1.97 bits per heavy atom. The standard InChI is InChI=1S/C24H24N2O2.H2O/c1-25(2)21-12-8-17(9-13-21)23(18-10-14-22(15-11-18)26(3)4)19-6-5-7-20(16-19)24(27)28;/h5-16H,1-4H3;1H2/p+1. The van der Waals surface area contributed by atoms with Crippen molar-refractivity contribution in [3.05, 3.63) is 95.1 Å². The van der Waals surface area contributed by atoms with Gasteiger partial charge >= 0.3 is 5.97 Å². The Morgan fingerprint density at radius 1 is 0.862 bits per heavy atom. The average Bonchev–Trinajstić information content (AvgIpc) is 2.69. The second kappa shape index (κ2) is 9.17. The Labute approximate surface area is 171 Å². The van der Waals surface area contributed by atoms with E-state index in [1.165, 1.54) is 0 Å². The molecule has 2 aromatic carbocycles. The number of hydrogen-bond acceptors (Lipinski definition) is 2. The maximum Gasteiger partial charge on any atom is 0.335 e. The van der Waals surface area contributed by atoms with Gasteiger partial charge in [-0.3, -0.25) is 0 Å². The van der Waals surface area contributed by atoms with Gasteiger partial charge in [-0.05, 0) is 58.7 Å². The Balaban J connectivity index is 0.00000300. The van der Waals surface area contributed by atoms with E-state index in [4.69, 9.17) is 0 Å². The lowest BCUT2D eigenvalue weighted by atomic mass is 9.90. The minimum atomic E-state index is -0.924. The topological polar surface area (TPSA) is 75.0 Å². The second-order valence-corrected chi connectivity index (χ2v) is 7.14. The summed E-state index contributed by atoms with van der Waals surface area (Å²) in [6.07, 6.45) is 8.31. The Hall–Kier alpha value is -3.44. The number of aromatic carboxylic acids is 1. The van der Waals surface area contributed by atoms with E-state index in [0.717, 1.165) is 33.7 Å². The second-order valence-electron chi connectivity index (χ2n) is 7.14. The smallest absolute Gasteiger partial charge is 0.335 e. The third-order valence-corrected chi connectivity index (χ3v) is 4.74. The maximum absolute atomic E-state index is 11.5. The first-order valence-electron chi connectivity index (χ1n) is 9.13. The van der Waals surface area contributed by atoms with Gasteiger partial charge in [-0.2, -0.15) is 0 Å². The number of hydrogen-bond donors (Lipinski definition) is 1. The summed E-state index contributed by atoms with van der Waals surface area (Å²) >= 11 is 0. The highest BCUT2D eigenvalue weighted by molar-refractivity contribution is 6.04. The van der Waals surface area contributed by atoms with Gasteiger partial charge in [0.15, 0.2) is 5.71 Å². The molecule has 1 aliphatic carbocycles. The van der Waals surface area contributed by atoms with E-state index in [1.807, 2.05) is 34.3 Å². The molecule has 5 heteroatoms. The average molecular weight is 391 g/mol. The van der Waals surface area contributed by atoms with Crippen molar-refractivity contribution in [2.24, 2.45) is 0 Å². The summed E-state index contributed by atoms with van der Waals surface area (Å²) in [7, 11) is 8.04. The third-order valence-electron chi connectivity index (χ3n) is 4.74. The van der Waals surface area contributed by atoms with Crippen LogP contribution in [-0.2, 0) is 0 Å². The minimum absolute atomic E-state index is 0. The molecule has 0 unspecified atom stereocenters. The van der Waals surface area contributed by atoms with E-state index in [0.29, 0.717) is 0 Å². The highest BCUT2D eigenvalue weighted by atomic mass is 16.4. The fourth-order valence-corrected chi connectivity index (χ4v) is 3.16. The molecule has 3 N–H and O–H groups in total. The molecular formula is C24H27N2O3+. The van der Waals surface area contributed by atoms with Crippen LogP contribution in [-0.4, -0.2) is 55.0 Å². The molecular weight excluding hydrogens is 364 g/mol. The highest BCUT2D eigenvalue weighted by Crippen LogP contribution is 2.31. The van der Waals surface area contributed by atoms with Gasteiger partial charge in [0.2, 0.25) is 0 Å². The molecule has 0 amide bonds. The summed E-state index contributed by atoms with van der Waals surface area (Å²) in [6.45, 7) is 0. The van der Waals surface area contributed by atoms with Crippen LogP contribution in [0.2, 0.25) is 0 Å². The lowest BCUT2D eigenvalue weighted by molar-refractivity contribution is -0.462. The van der Waals surface area contributed by atoms with Crippen molar-refractivity contribution < 1.29 is 20.0 Å². The fourth-order valence-electron chi connectivity index (χ4n) is 3.16. The first kappa shape index (κ1) is 21.9. The molecule has 2 aromatic rings. The number of carboxylic acids is 1. The Bertz CT molecular complexity index is 1000. The van der Waals surface area contributed by atoms with Gasteiger partial charge in [-0.1, -0.05) is 24.3 Å². The van der Waals surface area contributed by atoms with Gasteiger partial charge in [0, 0.05) is 31.9 Å². The van der Waals surface area contributed by atoms with Crippen molar-refractivity contribution in [1.29, 1.82) is 0 Å². The highest BCUT2D eigenvalue weighted by Gasteiger charge is 2.15. The zero-order valence-electron chi connectivity index (χ0n) is 17.2. The van der Waals surface area contributed by atoms with Crippen LogP contribution < -0.4 is 4.90 Å². The number of rotatable bonds is 4. The Kier molecular flexibility index (Phi) is 6.91. The Morgan fingerprint density at radius 2 is 1.45 bits per heavy atom. The summed E-state index contributed by atoms with van der Waals surface area (Å²) in [5.41, 5.74) is 6.51. The van der Waals surface area contributed by atoms with Crippen molar-refractivity contribution in [2.45, 2.75) is 0 Å². The largest absolute Gasteiger partial charge is 0.478 e. The quantitative estimate of drug-likeness (QED) is 0.813. The normalized spacial score (nSPS) is 12.4. The van der Waals surface area contributed by atoms with E-state index >= 15 is 0 Å². The number of carbonyl (C=O) groups is 1. The number of benzene rings is 2. The van der Waals surface area contributed by atoms with Gasteiger partial charge in [-0.25, -0.2) is 9.37 Å². The number of allylic oxidation sites excluding steroid dienone is 5.